The fourth-order valence-corrected chi connectivity index (χ4v) is 2.47. The number of amides is 1. The molecule has 0 aliphatic carbocycles. The van der Waals surface area contributed by atoms with Crippen molar-refractivity contribution in [2.45, 2.75) is 52.2 Å². The molecule has 0 aromatic carbocycles. The normalized spacial score (nSPS) is 15.7. The van der Waals surface area contributed by atoms with Gasteiger partial charge in [-0.15, -0.1) is 0 Å². The molecule has 7 nitrogen and oxygen atoms in total. The van der Waals surface area contributed by atoms with Gasteiger partial charge in [0.25, 0.3) is 0 Å². The minimum atomic E-state index is -0.369. The summed E-state index contributed by atoms with van der Waals surface area (Å²) in [5, 5.41) is 4.03. The van der Waals surface area contributed by atoms with Crippen molar-refractivity contribution in [3.8, 4) is 0 Å². The van der Waals surface area contributed by atoms with E-state index in [2.05, 4.69) is 40.8 Å². The number of carbonyl (C=O) groups is 1. The lowest BCUT2D eigenvalue weighted by Crippen LogP contribution is -2.32. The maximum atomic E-state index is 12.6. The van der Waals surface area contributed by atoms with E-state index < -0.39 is 0 Å². The minimum absolute atomic E-state index is 0.0146. The molecule has 0 radical (unpaired) electrons. The molecule has 1 amide bonds. The third kappa shape index (κ3) is 2.58. The molecule has 7 heteroatoms. The SMILES string of the molecule is C[C@H](C(=O)N1Cc2cnc(C(C)(C)C)nc2C1)n1cncn1. The largest absolute Gasteiger partial charge is 0.330 e. The first-order valence-electron chi connectivity index (χ1n) is 7.34. The quantitative estimate of drug-likeness (QED) is 0.839. The van der Waals surface area contributed by atoms with E-state index in [-0.39, 0.29) is 17.4 Å². The molecule has 116 valence electrons. The summed E-state index contributed by atoms with van der Waals surface area (Å²) in [7, 11) is 0. The van der Waals surface area contributed by atoms with E-state index in [1.165, 1.54) is 6.33 Å². The Hall–Kier alpha value is -2.31. The highest BCUT2D eigenvalue weighted by atomic mass is 16.2. The zero-order chi connectivity index (χ0) is 15.9. The summed E-state index contributed by atoms with van der Waals surface area (Å²) >= 11 is 0. The van der Waals surface area contributed by atoms with Gasteiger partial charge in [0, 0.05) is 23.7 Å². The van der Waals surface area contributed by atoms with Gasteiger partial charge in [-0.2, -0.15) is 5.10 Å². The number of rotatable bonds is 2. The third-order valence-corrected chi connectivity index (χ3v) is 3.83. The van der Waals surface area contributed by atoms with Gasteiger partial charge in [-0.25, -0.2) is 19.6 Å². The van der Waals surface area contributed by atoms with Crippen molar-refractivity contribution >= 4 is 5.91 Å². The molecule has 3 rings (SSSR count). The van der Waals surface area contributed by atoms with Crippen LogP contribution < -0.4 is 0 Å². The Kier molecular flexibility index (Phi) is 3.42. The van der Waals surface area contributed by atoms with E-state index in [4.69, 9.17) is 0 Å². The summed E-state index contributed by atoms with van der Waals surface area (Å²) in [4.78, 5) is 27.3. The molecule has 0 spiro atoms. The summed E-state index contributed by atoms with van der Waals surface area (Å²) < 4.78 is 1.57. The van der Waals surface area contributed by atoms with Gasteiger partial charge in [-0.05, 0) is 6.92 Å². The number of carbonyl (C=O) groups excluding carboxylic acids is 1. The van der Waals surface area contributed by atoms with Crippen molar-refractivity contribution in [3.63, 3.8) is 0 Å². The minimum Gasteiger partial charge on any atom is -0.330 e. The molecule has 1 atom stereocenters. The number of nitrogens with zero attached hydrogens (tertiary/aromatic N) is 6. The summed E-state index contributed by atoms with van der Waals surface area (Å²) in [5.74, 6) is 0.825. The lowest BCUT2D eigenvalue weighted by molar-refractivity contribution is -0.135. The van der Waals surface area contributed by atoms with Gasteiger partial charge in [0.1, 0.15) is 24.5 Å². The first kappa shape index (κ1) is 14.6. The molecule has 2 aromatic rings. The number of aromatic nitrogens is 5. The Balaban J connectivity index is 1.78. The molecular weight excluding hydrogens is 280 g/mol. The lowest BCUT2D eigenvalue weighted by Gasteiger charge is -2.19. The van der Waals surface area contributed by atoms with E-state index in [9.17, 15) is 4.79 Å². The topological polar surface area (TPSA) is 76.8 Å². The Morgan fingerprint density at radius 2 is 2.09 bits per heavy atom. The first-order valence-corrected chi connectivity index (χ1v) is 7.34. The summed E-state index contributed by atoms with van der Waals surface area (Å²) in [6.45, 7) is 9.15. The van der Waals surface area contributed by atoms with E-state index in [0.29, 0.717) is 13.1 Å². The second-order valence-electron chi connectivity index (χ2n) is 6.66. The molecule has 2 aromatic heterocycles. The van der Waals surface area contributed by atoms with Crippen LogP contribution in [-0.2, 0) is 23.3 Å². The molecule has 0 unspecified atom stereocenters. The molecule has 0 N–H and O–H groups in total. The van der Waals surface area contributed by atoms with E-state index >= 15 is 0 Å². The van der Waals surface area contributed by atoms with Gasteiger partial charge in [0.05, 0.1) is 12.2 Å². The van der Waals surface area contributed by atoms with Crippen molar-refractivity contribution in [1.29, 1.82) is 0 Å². The van der Waals surface area contributed by atoms with Crippen molar-refractivity contribution in [1.82, 2.24) is 29.6 Å². The van der Waals surface area contributed by atoms with Crippen LogP contribution in [0.2, 0.25) is 0 Å². The second-order valence-corrected chi connectivity index (χ2v) is 6.66. The Labute approximate surface area is 129 Å². The van der Waals surface area contributed by atoms with Gasteiger partial charge in [-0.1, -0.05) is 20.8 Å². The van der Waals surface area contributed by atoms with Crippen LogP contribution in [0, 0.1) is 0 Å². The molecule has 0 fully saturated rings. The van der Waals surface area contributed by atoms with Crippen LogP contribution in [-0.4, -0.2) is 35.5 Å². The van der Waals surface area contributed by atoms with Crippen LogP contribution in [0.15, 0.2) is 18.9 Å². The third-order valence-electron chi connectivity index (χ3n) is 3.83. The first-order chi connectivity index (χ1) is 10.4. The maximum Gasteiger partial charge on any atom is 0.247 e. The number of fused-ring (bicyclic) bond motifs is 1. The smallest absolute Gasteiger partial charge is 0.247 e. The second kappa shape index (κ2) is 5.15. The molecule has 0 saturated heterocycles. The highest BCUT2D eigenvalue weighted by molar-refractivity contribution is 5.80. The maximum absolute atomic E-state index is 12.6. The molecule has 3 heterocycles. The lowest BCUT2D eigenvalue weighted by atomic mass is 9.95. The van der Waals surface area contributed by atoms with E-state index in [1.54, 1.807) is 15.9 Å². The fourth-order valence-electron chi connectivity index (χ4n) is 2.47. The fraction of sp³-hybridized carbons (Fsp3) is 0.533. The van der Waals surface area contributed by atoms with Crippen molar-refractivity contribution in [3.05, 3.63) is 35.9 Å². The average molecular weight is 300 g/mol. The van der Waals surface area contributed by atoms with Crippen LogP contribution >= 0.6 is 0 Å². The summed E-state index contributed by atoms with van der Waals surface area (Å²) in [5.41, 5.74) is 1.87. The zero-order valence-electron chi connectivity index (χ0n) is 13.3. The van der Waals surface area contributed by atoms with Crippen LogP contribution in [0.1, 0.15) is 50.8 Å². The van der Waals surface area contributed by atoms with Gasteiger partial charge >= 0.3 is 0 Å². The van der Waals surface area contributed by atoms with Crippen LogP contribution in [0.4, 0.5) is 0 Å². The molecule has 22 heavy (non-hydrogen) atoms. The Bertz CT molecular complexity index is 689. The highest BCUT2D eigenvalue weighted by Crippen LogP contribution is 2.26. The molecule has 1 aliphatic heterocycles. The predicted molar refractivity (Wildman–Crippen MR) is 79.7 cm³/mol. The molecular formula is C15H20N6O. The van der Waals surface area contributed by atoms with Gasteiger partial charge in [0.2, 0.25) is 5.91 Å². The monoisotopic (exact) mass is 300 g/mol. The standard InChI is InChI=1S/C15H20N6O/c1-10(21-9-16-8-18-21)13(22)20-6-11-5-17-14(15(2,3)4)19-12(11)7-20/h5,8-10H,6-7H2,1-4H3/t10-/m1/s1. The van der Waals surface area contributed by atoms with Crippen molar-refractivity contribution in [2.24, 2.45) is 0 Å². The highest BCUT2D eigenvalue weighted by Gasteiger charge is 2.30. The van der Waals surface area contributed by atoms with Gasteiger partial charge < -0.3 is 4.90 Å². The Morgan fingerprint density at radius 3 is 2.73 bits per heavy atom. The van der Waals surface area contributed by atoms with Crippen LogP contribution in [0.3, 0.4) is 0 Å². The van der Waals surface area contributed by atoms with Crippen LogP contribution in [0.25, 0.3) is 0 Å². The van der Waals surface area contributed by atoms with Crippen molar-refractivity contribution in [2.75, 3.05) is 0 Å². The predicted octanol–water partition coefficient (Wildman–Crippen LogP) is 1.47. The average Bonchev–Trinajstić information content (AvgIpc) is 3.12. The molecule has 0 bridgehead atoms. The Morgan fingerprint density at radius 1 is 1.32 bits per heavy atom. The van der Waals surface area contributed by atoms with Crippen molar-refractivity contribution < 1.29 is 4.79 Å². The summed E-state index contributed by atoms with van der Waals surface area (Å²) in [6, 6.07) is -0.369. The van der Waals surface area contributed by atoms with Gasteiger partial charge in [-0.3, -0.25) is 4.79 Å². The number of hydrogen-bond donors (Lipinski definition) is 0. The molecule has 1 aliphatic rings. The summed E-state index contributed by atoms with van der Waals surface area (Å²) in [6.07, 6.45) is 4.84. The van der Waals surface area contributed by atoms with Crippen LogP contribution in [0.5, 0.6) is 0 Å². The number of hydrogen-bond acceptors (Lipinski definition) is 5. The van der Waals surface area contributed by atoms with E-state index in [1.807, 2.05) is 13.1 Å². The van der Waals surface area contributed by atoms with E-state index in [0.717, 1.165) is 17.1 Å². The van der Waals surface area contributed by atoms with Gasteiger partial charge in [0.15, 0.2) is 0 Å². The zero-order valence-corrected chi connectivity index (χ0v) is 13.3. The molecule has 0 saturated carbocycles.